The lowest BCUT2D eigenvalue weighted by Crippen LogP contribution is -2.19. The van der Waals surface area contributed by atoms with E-state index in [1.54, 1.807) is 50.2 Å². The normalized spacial score (nSPS) is 11.2. The van der Waals surface area contributed by atoms with E-state index in [4.69, 9.17) is 0 Å². The Morgan fingerprint density at radius 2 is 1.78 bits per heavy atom. The van der Waals surface area contributed by atoms with Gasteiger partial charge in [0.05, 0.1) is 10.6 Å². The zero-order valence-electron chi connectivity index (χ0n) is 12.5. The first-order chi connectivity index (χ1) is 10.9. The highest BCUT2D eigenvalue weighted by molar-refractivity contribution is 9.10. The van der Waals surface area contributed by atoms with Crippen molar-refractivity contribution >= 4 is 33.2 Å². The second-order valence-corrected chi connectivity index (χ2v) is 5.82. The first-order valence-electron chi connectivity index (χ1n) is 6.74. The third-order valence-corrected chi connectivity index (χ3v) is 3.78. The minimum Gasteiger partial charge on any atom is -0.267 e. The van der Waals surface area contributed by atoms with E-state index in [-0.39, 0.29) is 11.6 Å². The van der Waals surface area contributed by atoms with Crippen molar-refractivity contribution in [2.45, 2.75) is 13.8 Å². The van der Waals surface area contributed by atoms with Crippen molar-refractivity contribution in [3.63, 3.8) is 0 Å². The summed E-state index contributed by atoms with van der Waals surface area (Å²) in [6.07, 6.45) is 0. The Hall–Kier alpha value is -2.54. The van der Waals surface area contributed by atoms with Gasteiger partial charge in [-0.2, -0.15) is 5.10 Å². The molecule has 0 aliphatic carbocycles. The zero-order valence-corrected chi connectivity index (χ0v) is 14.1. The molecule has 0 aliphatic rings. The van der Waals surface area contributed by atoms with Crippen LogP contribution < -0.4 is 5.43 Å². The number of nitrogens with zero attached hydrogens (tertiary/aromatic N) is 2. The van der Waals surface area contributed by atoms with Gasteiger partial charge in [0.15, 0.2) is 0 Å². The Labute approximate surface area is 141 Å². The Bertz CT molecular complexity index is 786. The van der Waals surface area contributed by atoms with Crippen LogP contribution in [0.3, 0.4) is 0 Å². The van der Waals surface area contributed by atoms with Crippen LogP contribution in [-0.2, 0) is 0 Å². The topological polar surface area (TPSA) is 84.6 Å². The Balaban J connectivity index is 2.16. The molecule has 0 bridgehead atoms. The van der Waals surface area contributed by atoms with Gasteiger partial charge < -0.3 is 0 Å². The summed E-state index contributed by atoms with van der Waals surface area (Å²) in [5, 5.41) is 15.0. The van der Waals surface area contributed by atoms with Gasteiger partial charge in [0.25, 0.3) is 11.6 Å². The van der Waals surface area contributed by atoms with Crippen LogP contribution in [-0.4, -0.2) is 16.5 Å². The quantitative estimate of drug-likeness (QED) is 0.500. The summed E-state index contributed by atoms with van der Waals surface area (Å²) in [7, 11) is 0. The monoisotopic (exact) mass is 375 g/mol. The molecule has 2 aromatic rings. The average molecular weight is 376 g/mol. The average Bonchev–Trinajstić information content (AvgIpc) is 2.53. The van der Waals surface area contributed by atoms with Crippen LogP contribution in [0.4, 0.5) is 5.69 Å². The number of hydrazone groups is 1. The van der Waals surface area contributed by atoms with Gasteiger partial charge in [-0.25, -0.2) is 5.43 Å². The van der Waals surface area contributed by atoms with Crippen molar-refractivity contribution < 1.29 is 9.72 Å². The lowest BCUT2D eigenvalue weighted by atomic mass is 10.1. The predicted molar refractivity (Wildman–Crippen MR) is 91.7 cm³/mol. The molecule has 0 radical (unpaired) electrons. The van der Waals surface area contributed by atoms with Gasteiger partial charge in [-0.1, -0.05) is 28.1 Å². The standard InChI is InChI=1S/C16H14BrN3O3/c1-10-3-4-13(9-15(10)20(22)23)11(2)18-19-16(21)12-5-7-14(17)8-6-12/h3-9H,1-2H3,(H,19,21)/b18-11-. The molecule has 2 rings (SSSR count). The number of carbonyl (C=O) groups excluding carboxylic acids is 1. The molecule has 118 valence electrons. The zero-order chi connectivity index (χ0) is 17.0. The molecule has 1 amide bonds. The van der Waals surface area contributed by atoms with Gasteiger partial charge >= 0.3 is 0 Å². The third-order valence-electron chi connectivity index (χ3n) is 3.26. The largest absolute Gasteiger partial charge is 0.272 e. The summed E-state index contributed by atoms with van der Waals surface area (Å²) >= 11 is 3.30. The molecule has 1 N–H and O–H groups in total. The second-order valence-electron chi connectivity index (χ2n) is 4.90. The predicted octanol–water partition coefficient (Wildman–Crippen LogP) is 3.82. The molecule has 7 heteroatoms. The number of hydrogen-bond acceptors (Lipinski definition) is 4. The fraction of sp³-hybridized carbons (Fsp3) is 0.125. The second kappa shape index (κ2) is 7.15. The van der Waals surface area contributed by atoms with Crippen molar-refractivity contribution in [2.24, 2.45) is 5.10 Å². The highest BCUT2D eigenvalue weighted by atomic mass is 79.9. The van der Waals surface area contributed by atoms with Crippen LogP contribution in [0.5, 0.6) is 0 Å². The number of nitro benzene ring substituents is 1. The summed E-state index contributed by atoms with van der Waals surface area (Å²) in [6, 6.07) is 11.7. The number of carbonyl (C=O) groups is 1. The SMILES string of the molecule is C/C(=N/NC(=O)c1ccc(Br)cc1)c1ccc(C)c([N+](=O)[O-])c1. The van der Waals surface area contributed by atoms with Gasteiger partial charge in [-0.05, 0) is 38.1 Å². The summed E-state index contributed by atoms with van der Waals surface area (Å²) < 4.78 is 0.876. The first-order valence-corrected chi connectivity index (χ1v) is 7.53. The van der Waals surface area contributed by atoms with Gasteiger partial charge in [-0.3, -0.25) is 14.9 Å². The molecule has 0 aromatic heterocycles. The van der Waals surface area contributed by atoms with Crippen LogP contribution in [0.25, 0.3) is 0 Å². The molecule has 2 aromatic carbocycles. The molecule has 23 heavy (non-hydrogen) atoms. The molecule has 0 aliphatic heterocycles. The van der Waals surface area contributed by atoms with Gasteiger partial charge in [0.2, 0.25) is 0 Å². The van der Waals surface area contributed by atoms with Crippen LogP contribution in [0.2, 0.25) is 0 Å². The van der Waals surface area contributed by atoms with Crippen molar-refractivity contribution in [3.8, 4) is 0 Å². The molecule has 0 fully saturated rings. The molecule has 6 nitrogen and oxygen atoms in total. The molecular formula is C16H14BrN3O3. The van der Waals surface area contributed by atoms with E-state index in [1.807, 2.05) is 0 Å². The van der Waals surface area contributed by atoms with Crippen molar-refractivity contribution in [2.75, 3.05) is 0 Å². The number of hydrogen-bond donors (Lipinski definition) is 1. The maximum Gasteiger partial charge on any atom is 0.272 e. The van der Waals surface area contributed by atoms with E-state index in [0.29, 0.717) is 22.4 Å². The number of aryl methyl sites for hydroxylation is 1. The van der Waals surface area contributed by atoms with Crippen molar-refractivity contribution in [1.82, 2.24) is 5.43 Å². The smallest absolute Gasteiger partial charge is 0.267 e. The van der Waals surface area contributed by atoms with E-state index in [1.165, 1.54) is 6.07 Å². The summed E-state index contributed by atoms with van der Waals surface area (Å²) in [5.41, 5.74) is 4.58. The Kier molecular flexibility index (Phi) is 5.23. The fourth-order valence-electron chi connectivity index (χ4n) is 1.90. The highest BCUT2D eigenvalue weighted by Gasteiger charge is 2.12. The van der Waals surface area contributed by atoms with Gasteiger partial charge in [0, 0.05) is 27.2 Å². The van der Waals surface area contributed by atoms with Crippen LogP contribution in [0, 0.1) is 17.0 Å². The Morgan fingerprint density at radius 1 is 1.17 bits per heavy atom. The number of halogens is 1. The van der Waals surface area contributed by atoms with E-state index >= 15 is 0 Å². The maximum atomic E-state index is 12.0. The number of benzene rings is 2. The molecule has 0 saturated carbocycles. The lowest BCUT2D eigenvalue weighted by molar-refractivity contribution is -0.385. The van der Waals surface area contributed by atoms with Crippen molar-refractivity contribution in [1.29, 1.82) is 0 Å². The number of nitro groups is 1. The minimum absolute atomic E-state index is 0.0243. The molecule has 0 atom stereocenters. The van der Waals surface area contributed by atoms with E-state index in [2.05, 4.69) is 26.5 Å². The van der Waals surface area contributed by atoms with Crippen LogP contribution in [0.1, 0.15) is 28.4 Å². The molecule has 0 spiro atoms. The third kappa shape index (κ3) is 4.23. The fourth-order valence-corrected chi connectivity index (χ4v) is 2.16. The molecular weight excluding hydrogens is 362 g/mol. The molecule has 0 heterocycles. The first kappa shape index (κ1) is 16.8. The summed E-state index contributed by atoms with van der Waals surface area (Å²) in [4.78, 5) is 22.5. The molecule has 0 saturated heterocycles. The van der Waals surface area contributed by atoms with E-state index in [9.17, 15) is 14.9 Å². The number of nitrogens with one attached hydrogen (secondary N) is 1. The summed E-state index contributed by atoms with van der Waals surface area (Å²) in [5.74, 6) is -0.349. The van der Waals surface area contributed by atoms with Crippen molar-refractivity contribution in [3.05, 3.63) is 73.7 Å². The maximum absolute atomic E-state index is 12.0. The lowest BCUT2D eigenvalue weighted by Gasteiger charge is -2.04. The van der Waals surface area contributed by atoms with Gasteiger partial charge in [0.1, 0.15) is 0 Å². The minimum atomic E-state index is -0.438. The highest BCUT2D eigenvalue weighted by Crippen LogP contribution is 2.19. The van der Waals surface area contributed by atoms with E-state index < -0.39 is 4.92 Å². The molecule has 0 unspecified atom stereocenters. The Morgan fingerprint density at radius 3 is 2.39 bits per heavy atom. The van der Waals surface area contributed by atoms with Crippen LogP contribution >= 0.6 is 15.9 Å². The van der Waals surface area contributed by atoms with Gasteiger partial charge in [-0.15, -0.1) is 0 Å². The summed E-state index contributed by atoms with van der Waals surface area (Å²) in [6.45, 7) is 3.35. The number of rotatable bonds is 4. The van der Waals surface area contributed by atoms with Crippen LogP contribution in [0.15, 0.2) is 52.0 Å². The van der Waals surface area contributed by atoms with E-state index in [0.717, 1.165) is 4.47 Å². The number of amides is 1.